The van der Waals surface area contributed by atoms with Crippen molar-refractivity contribution < 1.29 is 4.79 Å². The largest absolute Gasteiger partial charge is 0.351 e. The topological polar surface area (TPSA) is 61.6 Å². The van der Waals surface area contributed by atoms with E-state index in [4.69, 9.17) is 5.73 Å². The Morgan fingerprint density at radius 2 is 1.79 bits per heavy atom. The molecule has 2 aliphatic rings. The zero-order chi connectivity index (χ0) is 13.7. The Kier molecular flexibility index (Phi) is 5.45. The van der Waals surface area contributed by atoms with Gasteiger partial charge in [-0.2, -0.15) is 0 Å². The molecule has 2 rings (SSSR count). The van der Waals surface area contributed by atoms with E-state index in [-0.39, 0.29) is 6.03 Å². The van der Waals surface area contributed by atoms with Crippen LogP contribution in [0.25, 0.3) is 0 Å². The molecule has 0 aromatic heterocycles. The monoisotopic (exact) mass is 268 g/mol. The van der Waals surface area contributed by atoms with Gasteiger partial charge in [-0.25, -0.2) is 4.79 Å². The number of hydrogen-bond donors (Lipinski definition) is 2. The molecule has 2 heterocycles. The summed E-state index contributed by atoms with van der Waals surface area (Å²) < 4.78 is 0. The summed E-state index contributed by atoms with van der Waals surface area (Å²) >= 11 is 0. The first-order valence-corrected chi connectivity index (χ1v) is 7.69. The maximum atomic E-state index is 11.0. The third-order valence-corrected chi connectivity index (χ3v) is 4.66. The highest BCUT2D eigenvalue weighted by Crippen LogP contribution is 2.17. The predicted molar refractivity (Wildman–Crippen MR) is 77.0 cm³/mol. The van der Waals surface area contributed by atoms with Gasteiger partial charge in [0.25, 0.3) is 0 Å². The van der Waals surface area contributed by atoms with Crippen molar-refractivity contribution in [2.75, 3.05) is 39.3 Å². The van der Waals surface area contributed by atoms with E-state index in [1.165, 1.54) is 32.5 Å². The summed E-state index contributed by atoms with van der Waals surface area (Å²) in [5, 5.41) is 3.69. The molecule has 5 heteroatoms. The fourth-order valence-corrected chi connectivity index (χ4v) is 3.14. The molecule has 2 aliphatic heterocycles. The van der Waals surface area contributed by atoms with Crippen molar-refractivity contribution in [3.63, 3.8) is 0 Å². The molecular weight excluding hydrogens is 240 g/mol. The van der Waals surface area contributed by atoms with Crippen LogP contribution in [0.15, 0.2) is 0 Å². The second-order valence-corrected chi connectivity index (χ2v) is 5.89. The smallest absolute Gasteiger partial charge is 0.314 e. The van der Waals surface area contributed by atoms with Crippen molar-refractivity contribution in [2.45, 2.75) is 38.6 Å². The van der Waals surface area contributed by atoms with Gasteiger partial charge in [0.15, 0.2) is 0 Å². The van der Waals surface area contributed by atoms with Crippen molar-refractivity contribution in [3.05, 3.63) is 0 Å². The molecule has 110 valence electrons. The van der Waals surface area contributed by atoms with Crippen LogP contribution in [-0.2, 0) is 0 Å². The van der Waals surface area contributed by atoms with E-state index in [9.17, 15) is 4.79 Å². The van der Waals surface area contributed by atoms with Crippen molar-refractivity contribution in [1.29, 1.82) is 0 Å². The van der Waals surface area contributed by atoms with Crippen LogP contribution in [0.4, 0.5) is 4.79 Å². The Labute approximate surface area is 116 Å². The first kappa shape index (κ1) is 14.6. The van der Waals surface area contributed by atoms with E-state index in [0.29, 0.717) is 6.04 Å². The summed E-state index contributed by atoms with van der Waals surface area (Å²) in [6.45, 7) is 8.68. The number of rotatable bonds is 4. The van der Waals surface area contributed by atoms with E-state index < -0.39 is 0 Å². The predicted octanol–water partition coefficient (Wildman–Crippen LogP) is 0.851. The number of likely N-dealkylation sites (tertiary alicyclic amines) is 2. The molecule has 0 bridgehead atoms. The number of nitrogens with one attached hydrogen (secondary N) is 1. The van der Waals surface area contributed by atoms with Gasteiger partial charge >= 0.3 is 6.03 Å². The van der Waals surface area contributed by atoms with Gasteiger partial charge < -0.3 is 20.9 Å². The minimum Gasteiger partial charge on any atom is -0.351 e. The first-order chi connectivity index (χ1) is 9.19. The molecule has 19 heavy (non-hydrogen) atoms. The van der Waals surface area contributed by atoms with Gasteiger partial charge in [-0.05, 0) is 57.8 Å². The number of primary amides is 1. The highest BCUT2D eigenvalue weighted by Gasteiger charge is 2.23. The molecule has 0 aliphatic carbocycles. The molecule has 0 radical (unpaired) electrons. The maximum Gasteiger partial charge on any atom is 0.314 e. The Morgan fingerprint density at radius 1 is 1.16 bits per heavy atom. The van der Waals surface area contributed by atoms with E-state index in [1.54, 1.807) is 4.90 Å². The molecule has 0 atom stereocenters. The van der Waals surface area contributed by atoms with E-state index in [2.05, 4.69) is 17.1 Å². The fraction of sp³-hybridized carbons (Fsp3) is 0.929. The van der Waals surface area contributed by atoms with Crippen LogP contribution in [0, 0.1) is 5.92 Å². The van der Waals surface area contributed by atoms with Gasteiger partial charge in [-0.3, -0.25) is 0 Å². The van der Waals surface area contributed by atoms with Crippen LogP contribution < -0.4 is 11.1 Å². The van der Waals surface area contributed by atoms with Crippen LogP contribution in [0.5, 0.6) is 0 Å². The number of carbonyl (C=O) groups excluding carboxylic acids is 1. The van der Waals surface area contributed by atoms with Crippen LogP contribution in [-0.4, -0.2) is 61.1 Å². The molecule has 5 nitrogen and oxygen atoms in total. The standard InChI is InChI=1S/C14H28N4O/c1-2-17-7-3-12(4-8-17)11-16-13-5-9-18(10-6-13)14(15)19/h12-13,16H,2-11H2,1H3,(H2,15,19). The van der Waals surface area contributed by atoms with E-state index in [1.807, 2.05) is 0 Å². The summed E-state index contributed by atoms with van der Waals surface area (Å²) in [5.41, 5.74) is 5.29. The summed E-state index contributed by atoms with van der Waals surface area (Å²) in [6.07, 6.45) is 4.72. The van der Waals surface area contributed by atoms with E-state index >= 15 is 0 Å². The molecule has 0 unspecified atom stereocenters. The van der Waals surface area contributed by atoms with Crippen molar-refractivity contribution >= 4 is 6.03 Å². The molecule has 0 saturated carbocycles. The van der Waals surface area contributed by atoms with Gasteiger partial charge in [-0.1, -0.05) is 6.92 Å². The van der Waals surface area contributed by atoms with Crippen LogP contribution in [0.1, 0.15) is 32.6 Å². The highest BCUT2D eigenvalue weighted by atomic mass is 16.2. The lowest BCUT2D eigenvalue weighted by Gasteiger charge is -2.34. The molecule has 0 aromatic carbocycles. The van der Waals surface area contributed by atoms with Gasteiger partial charge in [0, 0.05) is 19.1 Å². The number of carbonyl (C=O) groups is 1. The van der Waals surface area contributed by atoms with Crippen molar-refractivity contribution in [1.82, 2.24) is 15.1 Å². The van der Waals surface area contributed by atoms with E-state index in [0.717, 1.165) is 38.4 Å². The number of amides is 2. The quantitative estimate of drug-likeness (QED) is 0.794. The number of piperidine rings is 2. The zero-order valence-electron chi connectivity index (χ0n) is 12.1. The minimum absolute atomic E-state index is 0.273. The molecule has 0 spiro atoms. The van der Waals surface area contributed by atoms with Gasteiger partial charge in [0.1, 0.15) is 0 Å². The second-order valence-electron chi connectivity index (χ2n) is 5.89. The average molecular weight is 268 g/mol. The third kappa shape index (κ3) is 4.35. The van der Waals surface area contributed by atoms with Crippen molar-refractivity contribution in [3.8, 4) is 0 Å². The number of nitrogens with two attached hydrogens (primary N) is 1. The number of nitrogens with zero attached hydrogens (tertiary/aromatic N) is 2. The lowest BCUT2D eigenvalue weighted by atomic mass is 9.95. The maximum absolute atomic E-state index is 11.0. The molecule has 0 aromatic rings. The minimum atomic E-state index is -0.273. The zero-order valence-corrected chi connectivity index (χ0v) is 12.1. The second kappa shape index (κ2) is 7.10. The molecule has 2 amide bonds. The highest BCUT2D eigenvalue weighted by molar-refractivity contribution is 5.72. The first-order valence-electron chi connectivity index (χ1n) is 7.69. The van der Waals surface area contributed by atoms with Gasteiger partial charge in [0.05, 0.1) is 0 Å². The Bertz CT molecular complexity index is 281. The molecular formula is C14H28N4O. The Hall–Kier alpha value is -0.810. The summed E-state index contributed by atoms with van der Waals surface area (Å²) in [5.74, 6) is 0.831. The normalized spacial score (nSPS) is 23.7. The van der Waals surface area contributed by atoms with Crippen LogP contribution >= 0.6 is 0 Å². The Balaban J connectivity index is 1.61. The molecule has 2 saturated heterocycles. The lowest BCUT2D eigenvalue weighted by Crippen LogP contribution is -2.48. The lowest BCUT2D eigenvalue weighted by molar-refractivity contribution is 0.171. The summed E-state index contributed by atoms with van der Waals surface area (Å²) in [7, 11) is 0. The van der Waals surface area contributed by atoms with Crippen LogP contribution in [0.3, 0.4) is 0 Å². The average Bonchev–Trinajstić information content (AvgIpc) is 2.46. The number of hydrogen-bond acceptors (Lipinski definition) is 3. The summed E-state index contributed by atoms with van der Waals surface area (Å²) in [4.78, 5) is 15.3. The van der Waals surface area contributed by atoms with Gasteiger partial charge in [0.2, 0.25) is 0 Å². The fourth-order valence-electron chi connectivity index (χ4n) is 3.14. The van der Waals surface area contributed by atoms with Crippen LogP contribution in [0.2, 0.25) is 0 Å². The Morgan fingerprint density at radius 3 is 2.32 bits per heavy atom. The van der Waals surface area contributed by atoms with Crippen molar-refractivity contribution in [2.24, 2.45) is 11.7 Å². The van der Waals surface area contributed by atoms with Gasteiger partial charge in [-0.15, -0.1) is 0 Å². The number of urea groups is 1. The summed E-state index contributed by atoms with van der Waals surface area (Å²) in [6, 6.07) is 0.296. The third-order valence-electron chi connectivity index (χ3n) is 4.66. The molecule has 2 fully saturated rings. The SMILES string of the molecule is CCN1CCC(CNC2CCN(C(N)=O)CC2)CC1. The molecule has 3 N–H and O–H groups in total.